The maximum absolute atomic E-state index is 11.7. The number of hydrogen-bond donors (Lipinski definition) is 1. The predicted octanol–water partition coefficient (Wildman–Crippen LogP) is 1.47. The number of ether oxygens (including phenoxy) is 1. The van der Waals surface area contributed by atoms with Crippen LogP contribution in [0, 0.1) is 6.92 Å². The Morgan fingerprint density at radius 2 is 2.00 bits per heavy atom. The number of carbonyl (C=O) groups excluding carboxylic acids is 2. The minimum Gasteiger partial charge on any atom is -0.454 e. The Labute approximate surface area is 113 Å². The van der Waals surface area contributed by atoms with Gasteiger partial charge in [-0.1, -0.05) is 0 Å². The number of hydrogen-bond acceptors (Lipinski definition) is 6. The van der Waals surface area contributed by atoms with Crippen molar-refractivity contribution in [2.24, 2.45) is 0 Å². The lowest BCUT2D eigenvalue weighted by Gasteiger charge is -2.04. The van der Waals surface area contributed by atoms with E-state index in [-0.39, 0.29) is 18.1 Å². The fraction of sp³-hybridized carbons (Fsp3) is 0.154. The zero-order chi connectivity index (χ0) is 14.5. The van der Waals surface area contributed by atoms with Crippen LogP contribution in [0.4, 0.5) is 5.69 Å². The molecule has 1 N–H and O–H groups in total. The van der Waals surface area contributed by atoms with Gasteiger partial charge in [0.05, 0.1) is 5.56 Å². The zero-order valence-corrected chi connectivity index (χ0v) is 10.5. The largest absolute Gasteiger partial charge is 0.519 e. The van der Waals surface area contributed by atoms with E-state index < -0.39 is 11.8 Å². The molecule has 7 heteroatoms. The molecule has 2 aromatic rings. The molecule has 1 heterocycles. The molecule has 20 heavy (non-hydrogen) atoms. The average Bonchev–Trinajstić information content (AvgIpc) is 2.75. The van der Waals surface area contributed by atoms with Gasteiger partial charge in [-0.05, 0) is 31.2 Å². The van der Waals surface area contributed by atoms with E-state index in [1.807, 2.05) is 0 Å². The number of carbonyl (C=O) groups is 2. The molecule has 0 fully saturated rings. The molecule has 1 aromatic heterocycles. The van der Waals surface area contributed by atoms with Crippen molar-refractivity contribution in [3.05, 3.63) is 52.0 Å². The second-order valence-corrected chi connectivity index (χ2v) is 3.85. The Hall–Kier alpha value is -2.83. The fourth-order valence-corrected chi connectivity index (χ4v) is 1.49. The predicted molar refractivity (Wildman–Crippen MR) is 67.2 cm³/mol. The molecule has 0 unspecified atom stereocenters. The van der Waals surface area contributed by atoms with Crippen molar-refractivity contribution in [3.8, 4) is 0 Å². The van der Waals surface area contributed by atoms with Crippen molar-refractivity contribution < 1.29 is 23.2 Å². The Bertz CT molecular complexity index is 667. The molecule has 0 aliphatic rings. The van der Waals surface area contributed by atoms with Gasteiger partial charge < -0.3 is 18.9 Å². The quantitative estimate of drug-likeness (QED) is 0.656. The molecule has 104 valence electrons. The minimum absolute atomic E-state index is 0.169. The molecular weight excluding hydrogens is 266 g/mol. The van der Waals surface area contributed by atoms with Crippen molar-refractivity contribution in [2.45, 2.75) is 13.5 Å². The van der Waals surface area contributed by atoms with Crippen LogP contribution in [0.25, 0.3) is 0 Å². The number of esters is 1. The summed E-state index contributed by atoms with van der Waals surface area (Å²) in [4.78, 5) is 32.8. The highest BCUT2D eigenvalue weighted by Crippen LogP contribution is 2.12. The first-order chi connectivity index (χ1) is 9.60. The molecule has 1 amide bonds. The maximum atomic E-state index is 11.7. The number of anilines is 1. The zero-order valence-electron chi connectivity index (χ0n) is 10.5. The van der Waals surface area contributed by atoms with Gasteiger partial charge in [-0.3, -0.25) is 4.79 Å². The van der Waals surface area contributed by atoms with E-state index in [9.17, 15) is 14.4 Å². The monoisotopic (exact) mass is 277 g/mol. The summed E-state index contributed by atoms with van der Waals surface area (Å²) >= 11 is 0. The van der Waals surface area contributed by atoms with Crippen molar-refractivity contribution in [2.75, 3.05) is 5.32 Å². The van der Waals surface area contributed by atoms with Crippen molar-refractivity contribution in [3.63, 3.8) is 0 Å². The van der Waals surface area contributed by atoms with Crippen molar-refractivity contribution >= 4 is 18.1 Å². The third-order valence-corrected chi connectivity index (χ3v) is 2.52. The molecule has 0 aliphatic carbocycles. The van der Waals surface area contributed by atoms with Gasteiger partial charge >= 0.3 is 11.8 Å². The third-order valence-electron chi connectivity index (χ3n) is 2.52. The molecule has 7 nitrogen and oxygen atoms in total. The first-order valence-corrected chi connectivity index (χ1v) is 5.67. The molecule has 1 aromatic carbocycles. The van der Waals surface area contributed by atoms with Crippen LogP contribution in [0.5, 0.6) is 0 Å². The highest BCUT2D eigenvalue weighted by atomic mass is 16.6. The molecule has 0 atom stereocenters. The summed E-state index contributed by atoms with van der Waals surface area (Å²) < 4.78 is 14.3. The summed E-state index contributed by atoms with van der Waals surface area (Å²) in [5.41, 5.74) is 0.873. The standard InChI is InChI=1S/C13H11NO6/c1-8-11(20-13(17)19-8)6-18-12(16)9-2-4-10(5-3-9)14-7-15/h2-5,7H,6H2,1H3,(H,14,15). The van der Waals surface area contributed by atoms with E-state index in [4.69, 9.17) is 9.15 Å². The summed E-state index contributed by atoms with van der Waals surface area (Å²) in [6.45, 7) is 1.35. The number of aryl methyl sites for hydroxylation is 1. The van der Waals surface area contributed by atoms with Crippen molar-refractivity contribution in [1.29, 1.82) is 0 Å². The highest BCUT2D eigenvalue weighted by Gasteiger charge is 2.12. The van der Waals surface area contributed by atoms with Crippen LogP contribution in [-0.4, -0.2) is 12.4 Å². The first-order valence-electron chi connectivity index (χ1n) is 5.67. The van der Waals surface area contributed by atoms with E-state index in [1.54, 1.807) is 12.1 Å². The molecule has 0 bridgehead atoms. The lowest BCUT2D eigenvalue weighted by molar-refractivity contribution is -0.105. The number of benzene rings is 1. The van der Waals surface area contributed by atoms with Crippen LogP contribution < -0.4 is 11.1 Å². The molecule has 0 radical (unpaired) electrons. The van der Waals surface area contributed by atoms with Gasteiger partial charge in [0.25, 0.3) is 0 Å². The SMILES string of the molecule is Cc1oc(=O)oc1COC(=O)c1ccc(NC=O)cc1. The van der Waals surface area contributed by atoms with Gasteiger partial charge in [0.2, 0.25) is 6.41 Å². The molecule has 0 aliphatic heterocycles. The van der Waals surface area contributed by atoms with Crippen LogP contribution in [0.15, 0.2) is 37.9 Å². The third kappa shape index (κ3) is 3.14. The molecule has 0 saturated carbocycles. The maximum Gasteiger partial charge on any atom is 0.519 e. The minimum atomic E-state index is -0.835. The summed E-state index contributed by atoms with van der Waals surface area (Å²) in [7, 11) is 0. The lowest BCUT2D eigenvalue weighted by Crippen LogP contribution is -2.05. The van der Waals surface area contributed by atoms with Gasteiger partial charge in [-0.15, -0.1) is 0 Å². The van der Waals surface area contributed by atoms with Crippen LogP contribution >= 0.6 is 0 Å². The Morgan fingerprint density at radius 3 is 2.55 bits per heavy atom. The molecular formula is C13H11NO6. The van der Waals surface area contributed by atoms with Crippen LogP contribution in [-0.2, 0) is 16.1 Å². The van der Waals surface area contributed by atoms with Gasteiger partial charge in [-0.25, -0.2) is 9.59 Å². The Kier molecular flexibility index (Phi) is 3.99. The van der Waals surface area contributed by atoms with Gasteiger partial charge in [0, 0.05) is 5.69 Å². The van der Waals surface area contributed by atoms with E-state index in [0.29, 0.717) is 17.7 Å². The topological polar surface area (TPSA) is 98.8 Å². The fourth-order valence-electron chi connectivity index (χ4n) is 1.49. The second kappa shape index (κ2) is 5.87. The molecule has 2 rings (SSSR count). The highest BCUT2D eigenvalue weighted by molar-refractivity contribution is 5.90. The van der Waals surface area contributed by atoms with Crippen LogP contribution in [0.1, 0.15) is 21.9 Å². The van der Waals surface area contributed by atoms with Gasteiger partial charge in [0.1, 0.15) is 0 Å². The smallest absolute Gasteiger partial charge is 0.454 e. The van der Waals surface area contributed by atoms with Gasteiger partial charge in [-0.2, -0.15) is 0 Å². The van der Waals surface area contributed by atoms with Crippen molar-refractivity contribution in [1.82, 2.24) is 0 Å². The summed E-state index contributed by atoms with van der Waals surface area (Å²) in [6, 6.07) is 6.14. The lowest BCUT2D eigenvalue weighted by atomic mass is 10.2. The van der Waals surface area contributed by atoms with E-state index in [2.05, 4.69) is 9.73 Å². The molecule has 0 spiro atoms. The van der Waals surface area contributed by atoms with E-state index in [1.165, 1.54) is 19.1 Å². The Balaban J connectivity index is 1.99. The molecule has 0 saturated heterocycles. The average molecular weight is 277 g/mol. The van der Waals surface area contributed by atoms with E-state index >= 15 is 0 Å². The summed E-state index contributed by atoms with van der Waals surface area (Å²) in [5, 5.41) is 2.45. The summed E-state index contributed by atoms with van der Waals surface area (Å²) in [5.74, 6) is -0.973. The normalized spacial score (nSPS) is 10.1. The number of amides is 1. The number of nitrogens with one attached hydrogen (secondary N) is 1. The number of rotatable bonds is 5. The first kappa shape index (κ1) is 13.6. The summed E-state index contributed by atoms with van der Waals surface area (Å²) in [6.07, 6.45) is 0.539. The van der Waals surface area contributed by atoms with Gasteiger partial charge in [0.15, 0.2) is 18.1 Å². The second-order valence-electron chi connectivity index (χ2n) is 3.85. The van der Waals surface area contributed by atoms with Crippen LogP contribution in [0.2, 0.25) is 0 Å². The van der Waals surface area contributed by atoms with E-state index in [0.717, 1.165) is 0 Å². The Morgan fingerprint density at radius 1 is 1.30 bits per heavy atom. The van der Waals surface area contributed by atoms with Crippen LogP contribution in [0.3, 0.4) is 0 Å².